The maximum Gasteiger partial charge on any atom is 0.246 e. The number of likely N-dealkylation sites (N-methyl/N-ethyl adjacent to an activating group) is 1. The van der Waals surface area contributed by atoms with Crippen LogP contribution in [0.4, 0.5) is 0 Å². The largest absolute Gasteiger partial charge is 0.305 e. The fourth-order valence-corrected chi connectivity index (χ4v) is 3.29. The summed E-state index contributed by atoms with van der Waals surface area (Å²) in [4.78, 5) is 25.0. The van der Waals surface area contributed by atoms with Gasteiger partial charge >= 0.3 is 0 Å². The van der Waals surface area contributed by atoms with Gasteiger partial charge in [0.05, 0.1) is 12.5 Å². The fourth-order valence-electron chi connectivity index (χ4n) is 3.29. The van der Waals surface area contributed by atoms with Gasteiger partial charge in [0.25, 0.3) is 0 Å². The molecule has 0 spiro atoms. The zero-order valence-corrected chi connectivity index (χ0v) is 11.5. The summed E-state index contributed by atoms with van der Waals surface area (Å²) in [6.45, 7) is 5.45. The van der Waals surface area contributed by atoms with Gasteiger partial charge in [0, 0.05) is 13.1 Å². The number of hydrogen-bond acceptors (Lipinski definition) is 3. The minimum Gasteiger partial charge on any atom is -0.305 e. The summed E-state index contributed by atoms with van der Waals surface area (Å²) in [5.74, 6) is -0.0660. The Kier molecular flexibility index (Phi) is 4.05. The van der Waals surface area contributed by atoms with E-state index in [1.54, 1.807) is 0 Å². The predicted octanol–water partition coefficient (Wildman–Crippen LogP) is 1.69. The molecule has 2 rings (SSSR count). The highest BCUT2D eigenvalue weighted by Crippen LogP contribution is 2.40. The molecule has 0 bridgehead atoms. The van der Waals surface area contributed by atoms with Crippen LogP contribution in [0.2, 0.25) is 0 Å². The first-order valence-corrected chi connectivity index (χ1v) is 7.19. The topological polar surface area (TPSA) is 49.4 Å². The second-order valence-electron chi connectivity index (χ2n) is 5.67. The Morgan fingerprint density at radius 3 is 2.44 bits per heavy atom. The van der Waals surface area contributed by atoms with Crippen molar-refractivity contribution in [3.8, 4) is 0 Å². The first kappa shape index (κ1) is 13.5. The van der Waals surface area contributed by atoms with E-state index in [4.69, 9.17) is 0 Å². The molecule has 0 aromatic carbocycles. The van der Waals surface area contributed by atoms with Crippen LogP contribution >= 0.6 is 0 Å². The second-order valence-corrected chi connectivity index (χ2v) is 5.67. The molecule has 0 radical (unpaired) electrons. The fraction of sp³-hybridized carbons (Fsp3) is 0.857. The molecule has 1 aliphatic carbocycles. The second kappa shape index (κ2) is 5.39. The van der Waals surface area contributed by atoms with Gasteiger partial charge in [-0.15, -0.1) is 0 Å². The number of amides is 2. The maximum absolute atomic E-state index is 12.0. The van der Waals surface area contributed by atoms with Crippen molar-refractivity contribution in [2.24, 2.45) is 5.41 Å². The van der Waals surface area contributed by atoms with Crippen molar-refractivity contribution in [2.45, 2.75) is 58.4 Å². The molecule has 1 aliphatic heterocycles. The third kappa shape index (κ3) is 2.44. The maximum atomic E-state index is 12.0. The highest BCUT2D eigenvalue weighted by Gasteiger charge is 2.39. The standard InChI is InChI=1S/C14H24N2O2/c1-3-14(7-5-6-8-14)10-15-11-9-12(17)16(4-2)13(11)18/h11,15H,3-10H2,1-2H3. The Labute approximate surface area is 109 Å². The lowest BCUT2D eigenvalue weighted by atomic mass is 9.83. The van der Waals surface area contributed by atoms with Gasteiger partial charge in [-0.05, 0) is 31.6 Å². The van der Waals surface area contributed by atoms with E-state index in [1.807, 2.05) is 6.92 Å². The zero-order valence-electron chi connectivity index (χ0n) is 11.5. The molecule has 1 atom stereocenters. The molecule has 1 saturated heterocycles. The lowest BCUT2D eigenvalue weighted by Gasteiger charge is -2.29. The molecule has 1 saturated carbocycles. The van der Waals surface area contributed by atoms with E-state index in [2.05, 4.69) is 12.2 Å². The normalized spacial score (nSPS) is 27.2. The van der Waals surface area contributed by atoms with Crippen molar-refractivity contribution in [2.75, 3.05) is 13.1 Å². The van der Waals surface area contributed by atoms with E-state index in [-0.39, 0.29) is 17.9 Å². The summed E-state index contributed by atoms with van der Waals surface area (Å²) in [5, 5.41) is 3.35. The lowest BCUT2D eigenvalue weighted by molar-refractivity contribution is -0.138. The Morgan fingerprint density at radius 2 is 1.94 bits per heavy atom. The number of nitrogens with zero attached hydrogens (tertiary/aromatic N) is 1. The van der Waals surface area contributed by atoms with Gasteiger partial charge in [-0.3, -0.25) is 14.5 Å². The summed E-state index contributed by atoms with van der Waals surface area (Å²) in [6, 6.07) is -0.276. The van der Waals surface area contributed by atoms with Gasteiger partial charge < -0.3 is 5.32 Å². The molecule has 1 heterocycles. The number of imide groups is 1. The average Bonchev–Trinajstić information content (AvgIpc) is 2.93. The average molecular weight is 252 g/mol. The predicted molar refractivity (Wildman–Crippen MR) is 70.0 cm³/mol. The first-order chi connectivity index (χ1) is 8.62. The van der Waals surface area contributed by atoms with Crippen LogP contribution < -0.4 is 5.32 Å². The van der Waals surface area contributed by atoms with Crippen molar-refractivity contribution in [1.29, 1.82) is 0 Å². The number of carbonyl (C=O) groups is 2. The third-order valence-corrected chi connectivity index (χ3v) is 4.70. The van der Waals surface area contributed by atoms with Crippen molar-refractivity contribution in [1.82, 2.24) is 10.2 Å². The van der Waals surface area contributed by atoms with Crippen LogP contribution in [0.3, 0.4) is 0 Å². The van der Waals surface area contributed by atoms with Crippen LogP contribution in [0.25, 0.3) is 0 Å². The Balaban J connectivity index is 1.91. The van der Waals surface area contributed by atoms with Crippen molar-refractivity contribution in [3.63, 3.8) is 0 Å². The highest BCUT2D eigenvalue weighted by molar-refractivity contribution is 6.05. The summed E-state index contributed by atoms with van der Waals surface area (Å²) < 4.78 is 0. The Morgan fingerprint density at radius 1 is 1.28 bits per heavy atom. The van der Waals surface area contributed by atoms with Crippen LogP contribution in [-0.4, -0.2) is 35.8 Å². The first-order valence-electron chi connectivity index (χ1n) is 7.19. The van der Waals surface area contributed by atoms with Crippen LogP contribution in [0.5, 0.6) is 0 Å². The molecular formula is C14H24N2O2. The van der Waals surface area contributed by atoms with E-state index in [0.717, 1.165) is 13.0 Å². The van der Waals surface area contributed by atoms with Crippen LogP contribution in [0.15, 0.2) is 0 Å². The van der Waals surface area contributed by atoms with Crippen molar-refractivity contribution >= 4 is 11.8 Å². The number of likely N-dealkylation sites (tertiary alicyclic amines) is 1. The third-order valence-electron chi connectivity index (χ3n) is 4.70. The molecule has 18 heavy (non-hydrogen) atoms. The van der Waals surface area contributed by atoms with Crippen LogP contribution in [0.1, 0.15) is 52.4 Å². The smallest absolute Gasteiger partial charge is 0.246 e. The summed E-state index contributed by atoms with van der Waals surface area (Å²) in [7, 11) is 0. The van der Waals surface area contributed by atoms with Crippen LogP contribution in [0, 0.1) is 5.41 Å². The molecular weight excluding hydrogens is 228 g/mol. The number of carbonyl (C=O) groups excluding carboxylic acids is 2. The van der Waals surface area contributed by atoms with Crippen molar-refractivity contribution in [3.05, 3.63) is 0 Å². The van der Waals surface area contributed by atoms with Gasteiger partial charge in [0.15, 0.2) is 0 Å². The molecule has 102 valence electrons. The zero-order chi connectivity index (χ0) is 13.2. The van der Waals surface area contributed by atoms with Crippen LogP contribution in [-0.2, 0) is 9.59 Å². The molecule has 1 N–H and O–H groups in total. The lowest BCUT2D eigenvalue weighted by Crippen LogP contribution is -2.43. The van der Waals surface area contributed by atoms with E-state index < -0.39 is 0 Å². The number of nitrogens with one attached hydrogen (secondary N) is 1. The minimum atomic E-state index is -0.276. The van der Waals surface area contributed by atoms with E-state index >= 15 is 0 Å². The quantitative estimate of drug-likeness (QED) is 0.758. The molecule has 0 aromatic rings. The van der Waals surface area contributed by atoms with Gasteiger partial charge in [-0.2, -0.15) is 0 Å². The molecule has 0 aromatic heterocycles. The van der Waals surface area contributed by atoms with Crippen molar-refractivity contribution < 1.29 is 9.59 Å². The molecule has 1 unspecified atom stereocenters. The highest BCUT2D eigenvalue weighted by atomic mass is 16.2. The van der Waals surface area contributed by atoms with Gasteiger partial charge in [0.1, 0.15) is 0 Å². The van der Waals surface area contributed by atoms with E-state index in [0.29, 0.717) is 18.4 Å². The molecule has 4 nitrogen and oxygen atoms in total. The summed E-state index contributed by atoms with van der Waals surface area (Å²) >= 11 is 0. The van der Waals surface area contributed by atoms with Gasteiger partial charge in [0.2, 0.25) is 11.8 Å². The SMILES string of the molecule is CCN1C(=O)CC(NCC2(CC)CCCC2)C1=O. The summed E-state index contributed by atoms with van der Waals surface area (Å²) in [5.41, 5.74) is 0.364. The molecule has 4 heteroatoms. The number of rotatable bonds is 5. The minimum absolute atomic E-state index is 0.0306. The molecule has 2 fully saturated rings. The van der Waals surface area contributed by atoms with E-state index in [1.165, 1.54) is 30.6 Å². The van der Waals surface area contributed by atoms with E-state index in [9.17, 15) is 9.59 Å². The number of hydrogen-bond donors (Lipinski definition) is 1. The Hall–Kier alpha value is -0.900. The molecule has 2 amide bonds. The Bertz CT molecular complexity index is 335. The monoisotopic (exact) mass is 252 g/mol. The molecule has 2 aliphatic rings. The van der Waals surface area contributed by atoms with Gasteiger partial charge in [-0.1, -0.05) is 19.8 Å². The summed E-state index contributed by atoms with van der Waals surface area (Å²) in [6.07, 6.45) is 6.60. The van der Waals surface area contributed by atoms with Gasteiger partial charge in [-0.25, -0.2) is 0 Å².